The fourth-order valence-corrected chi connectivity index (χ4v) is 3.19. The summed E-state index contributed by atoms with van der Waals surface area (Å²) in [4.78, 5) is 12.1. The van der Waals surface area contributed by atoms with E-state index >= 15 is 0 Å². The van der Waals surface area contributed by atoms with Crippen LogP contribution in [-0.2, 0) is 14.8 Å². The molecule has 2 unspecified atom stereocenters. The molecule has 7 heteroatoms. The molecule has 1 aromatic rings. The van der Waals surface area contributed by atoms with E-state index in [1.54, 1.807) is 26.1 Å². The summed E-state index contributed by atoms with van der Waals surface area (Å²) < 4.78 is 27.1. The van der Waals surface area contributed by atoms with Crippen molar-refractivity contribution >= 4 is 21.6 Å². The molecule has 0 fully saturated rings. The quantitative estimate of drug-likeness (QED) is 0.676. The van der Waals surface area contributed by atoms with Crippen molar-refractivity contribution in [3.63, 3.8) is 0 Å². The second-order valence-electron chi connectivity index (χ2n) is 5.41. The Labute approximate surface area is 132 Å². The third-order valence-corrected chi connectivity index (χ3v) is 4.93. The van der Waals surface area contributed by atoms with Crippen LogP contribution in [0.25, 0.3) is 0 Å². The number of nitrogens with one attached hydrogen (secondary N) is 3. The van der Waals surface area contributed by atoms with Crippen LogP contribution in [0.1, 0.15) is 27.2 Å². The molecule has 0 spiro atoms. The van der Waals surface area contributed by atoms with E-state index in [2.05, 4.69) is 15.4 Å². The molecule has 1 amide bonds. The normalized spacial score (nSPS) is 14.4. The van der Waals surface area contributed by atoms with Crippen molar-refractivity contribution in [2.24, 2.45) is 5.92 Å². The molecule has 0 saturated heterocycles. The van der Waals surface area contributed by atoms with Gasteiger partial charge >= 0.3 is 0 Å². The summed E-state index contributed by atoms with van der Waals surface area (Å²) in [5.74, 6) is -0.359. The molecule has 1 aromatic carbocycles. The molecule has 1 rings (SSSR count). The fourth-order valence-electron chi connectivity index (χ4n) is 1.82. The maximum absolute atomic E-state index is 12.2. The van der Waals surface area contributed by atoms with Crippen LogP contribution in [0.5, 0.6) is 0 Å². The van der Waals surface area contributed by atoms with Crippen LogP contribution in [0.15, 0.2) is 29.2 Å². The molecular weight excluding hydrogens is 302 g/mol. The van der Waals surface area contributed by atoms with Gasteiger partial charge in [-0.2, -0.15) is 0 Å². The Morgan fingerprint density at radius 1 is 1.27 bits per heavy atom. The van der Waals surface area contributed by atoms with E-state index in [0.717, 1.165) is 0 Å². The van der Waals surface area contributed by atoms with Gasteiger partial charge in [0, 0.05) is 24.2 Å². The van der Waals surface area contributed by atoms with Gasteiger partial charge in [0.1, 0.15) is 0 Å². The monoisotopic (exact) mass is 327 g/mol. The number of amides is 1. The van der Waals surface area contributed by atoms with Gasteiger partial charge in [0.15, 0.2) is 0 Å². The Balaban J connectivity index is 2.88. The van der Waals surface area contributed by atoms with Crippen molar-refractivity contribution in [2.45, 2.75) is 38.1 Å². The molecule has 6 nitrogen and oxygen atoms in total. The van der Waals surface area contributed by atoms with E-state index in [0.29, 0.717) is 18.7 Å². The van der Waals surface area contributed by atoms with E-state index < -0.39 is 10.0 Å². The summed E-state index contributed by atoms with van der Waals surface area (Å²) in [7, 11) is -1.80. The average Bonchev–Trinajstić information content (AvgIpc) is 2.47. The third-order valence-electron chi connectivity index (χ3n) is 3.34. The summed E-state index contributed by atoms with van der Waals surface area (Å²) in [5.41, 5.74) is 0.472. The highest BCUT2D eigenvalue weighted by atomic mass is 32.2. The molecule has 22 heavy (non-hydrogen) atoms. The zero-order valence-corrected chi connectivity index (χ0v) is 14.3. The first-order valence-corrected chi connectivity index (χ1v) is 8.86. The van der Waals surface area contributed by atoms with Gasteiger partial charge in [-0.05, 0) is 38.6 Å². The van der Waals surface area contributed by atoms with Crippen molar-refractivity contribution in [3.8, 4) is 0 Å². The van der Waals surface area contributed by atoms with E-state index in [9.17, 15) is 13.2 Å². The summed E-state index contributed by atoms with van der Waals surface area (Å²) in [5, 5.41) is 5.67. The molecule has 0 heterocycles. The summed E-state index contributed by atoms with van der Waals surface area (Å²) in [6.45, 7) is 6.08. The number of rotatable bonds is 8. The summed E-state index contributed by atoms with van der Waals surface area (Å²) in [6.07, 6.45) is 0.706. The number of carbonyl (C=O) groups is 1. The van der Waals surface area contributed by atoms with Gasteiger partial charge in [-0.15, -0.1) is 0 Å². The Kier molecular flexibility index (Phi) is 6.99. The van der Waals surface area contributed by atoms with Crippen molar-refractivity contribution in [1.29, 1.82) is 0 Å². The highest BCUT2D eigenvalue weighted by Crippen LogP contribution is 2.16. The lowest BCUT2D eigenvalue weighted by Crippen LogP contribution is -2.32. The topological polar surface area (TPSA) is 87.3 Å². The lowest BCUT2D eigenvalue weighted by Gasteiger charge is -2.14. The first-order chi connectivity index (χ1) is 10.3. The maximum atomic E-state index is 12.2. The van der Waals surface area contributed by atoms with Gasteiger partial charge in [0.25, 0.3) is 0 Å². The molecular formula is C15H25N3O3S. The number of sulfonamides is 1. The SMILES string of the molecule is CCC(C)NS(=O)(=O)c1cccc(NC(=O)C(C)CNC)c1. The van der Waals surface area contributed by atoms with Crippen LogP contribution in [0.4, 0.5) is 5.69 Å². The van der Waals surface area contributed by atoms with Crippen LogP contribution in [0.3, 0.4) is 0 Å². The smallest absolute Gasteiger partial charge is 0.240 e. The molecule has 0 radical (unpaired) electrons. The van der Waals surface area contributed by atoms with Gasteiger partial charge in [-0.3, -0.25) is 4.79 Å². The molecule has 2 atom stereocenters. The number of carbonyl (C=O) groups excluding carboxylic acids is 1. The molecule has 0 aliphatic heterocycles. The molecule has 0 aliphatic carbocycles. The van der Waals surface area contributed by atoms with Crippen molar-refractivity contribution in [3.05, 3.63) is 24.3 Å². The van der Waals surface area contributed by atoms with Crippen molar-refractivity contribution in [1.82, 2.24) is 10.0 Å². The van der Waals surface area contributed by atoms with Crippen molar-refractivity contribution in [2.75, 3.05) is 18.9 Å². The van der Waals surface area contributed by atoms with Gasteiger partial charge in [-0.1, -0.05) is 19.9 Å². The number of hydrogen-bond donors (Lipinski definition) is 3. The van der Waals surface area contributed by atoms with Crippen LogP contribution in [-0.4, -0.2) is 34.0 Å². The minimum atomic E-state index is -3.57. The molecule has 0 aromatic heterocycles. The Hall–Kier alpha value is -1.44. The molecule has 0 aliphatic rings. The first-order valence-electron chi connectivity index (χ1n) is 7.38. The second-order valence-corrected chi connectivity index (χ2v) is 7.12. The zero-order valence-electron chi connectivity index (χ0n) is 13.5. The van der Waals surface area contributed by atoms with Crippen molar-refractivity contribution < 1.29 is 13.2 Å². The molecule has 0 saturated carbocycles. The molecule has 124 valence electrons. The molecule has 3 N–H and O–H groups in total. The first kappa shape index (κ1) is 18.6. The minimum Gasteiger partial charge on any atom is -0.326 e. The van der Waals surface area contributed by atoms with Gasteiger partial charge in [0.05, 0.1) is 4.90 Å². The minimum absolute atomic E-state index is 0.140. The number of benzene rings is 1. The lowest BCUT2D eigenvalue weighted by atomic mass is 10.1. The third kappa shape index (κ3) is 5.40. The van der Waals surface area contributed by atoms with E-state index in [4.69, 9.17) is 0 Å². The number of anilines is 1. The predicted octanol–water partition coefficient (Wildman–Crippen LogP) is 1.56. The fraction of sp³-hybridized carbons (Fsp3) is 0.533. The average molecular weight is 327 g/mol. The van der Waals surface area contributed by atoms with Crippen LogP contribution in [0, 0.1) is 5.92 Å². The predicted molar refractivity (Wildman–Crippen MR) is 88.2 cm³/mol. The van der Waals surface area contributed by atoms with Gasteiger partial charge in [0.2, 0.25) is 15.9 Å². The lowest BCUT2D eigenvalue weighted by molar-refractivity contribution is -0.119. The highest BCUT2D eigenvalue weighted by Gasteiger charge is 2.18. The van der Waals surface area contributed by atoms with E-state index in [1.165, 1.54) is 12.1 Å². The number of hydrogen-bond acceptors (Lipinski definition) is 4. The zero-order chi connectivity index (χ0) is 16.8. The molecule has 0 bridgehead atoms. The highest BCUT2D eigenvalue weighted by molar-refractivity contribution is 7.89. The maximum Gasteiger partial charge on any atom is 0.240 e. The largest absolute Gasteiger partial charge is 0.326 e. The Bertz CT molecular complexity index is 602. The Morgan fingerprint density at radius 2 is 1.95 bits per heavy atom. The van der Waals surface area contributed by atoms with E-state index in [1.807, 2.05) is 13.8 Å². The van der Waals surface area contributed by atoms with Gasteiger partial charge in [-0.25, -0.2) is 13.1 Å². The van der Waals surface area contributed by atoms with E-state index in [-0.39, 0.29) is 22.8 Å². The van der Waals surface area contributed by atoms with Crippen LogP contribution < -0.4 is 15.4 Å². The summed E-state index contributed by atoms with van der Waals surface area (Å²) >= 11 is 0. The standard InChI is InChI=1S/C15H25N3O3S/c1-5-12(3)18-22(20,21)14-8-6-7-13(9-14)17-15(19)11(2)10-16-4/h6-9,11-12,16,18H,5,10H2,1-4H3,(H,17,19). The Morgan fingerprint density at radius 3 is 2.55 bits per heavy atom. The van der Waals surface area contributed by atoms with Crippen LogP contribution in [0.2, 0.25) is 0 Å². The van der Waals surface area contributed by atoms with Gasteiger partial charge < -0.3 is 10.6 Å². The summed E-state index contributed by atoms with van der Waals surface area (Å²) in [6, 6.07) is 6.13. The van der Waals surface area contributed by atoms with Crippen LogP contribution >= 0.6 is 0 Å². The second kappa shape index (κ2) is 8.26.